The lowest BCUT2D eigenvalue weighted by molar-refractivity contribution is 0.443. The summed E-state index contributed by atoms with van der Waals surface area (Å²) in [6.07, 6.45) is 3.11. The highest BCUT2D eigenvalue weighted by Gasteiger charge is 2.16. The van der Waals surface area contributed by atoms with Crippen LogP contribution in [0.1, 0.15) is 45.0 Å². The molecule has 1 heterocycles. The van der Waals surface area contributed by atoms with Crippen LogP contribution in [0, 0.1) is 5.92 Å². The van der Waals surface area contributed by atoms with Gasteiger partial charge in [-0.25, -0.2) is 0 Å². The van der Waals surface area contributed by atoms with Crippen LogP contribution in [0.25, 0.3) is 0 Å². The Labute approximate surface area is 126 Å². The first kappa shape index (κ1) is 16.8. The van der Waals surface area contributed by atoms with Gasteiger partial charge in [0.05, 0.1) is 16.4 Å². The van der Waals surface area contributed by atoms with Crippen LogP contribution >= 0.6 is 23.2 Å². The van der Waals surface area contributed by atoms with Crippen LogP contribution in [0.15, 0.2) is 0 Å². The van der Waals surface area contributed by atoms with Gasteiger partial charge >= 0.3 is 0 Å². The van der Waals surface area contributed by atoms with Gasteiger partial charge in [-0.05, 0) is 12.3 Å². The van der Waals surface area contributed by atoms with E-state index in [4.69, 9.17) is 23.2 Å². The number of nitrogens with one attached hydrogen (secondary N) is 1. The third kappa shape index (κ3) is 4.37. The molecule has 1 aromatic heterocycles. The van der Waals surface area contributed by atoms with Gasteiger partial charge in [0.25, 0.3) is 0 Å². The Hall–Kier alpha value is -0.250. The summed E-state index contributed by atoms with van der Waals surface area (Å²) >= 11 is 12.7. The van der Waals surface area contributed by atoms with Crippen molar-refractivity contribution in [3.05, 3.63) is 16.4 Å². The molecule has 19 heavy (non-hydrogen) atoms. The maximum Gasteiger partial charge on any atom is 0.0863 e. The molecule has 0 aromatic carbocycles. The average Bonchev–Trinajstić information content (AvgIpc) is 2.67. The van der Waals surface area contributed by atoms with Crippen molar-refractivity contribution in [3.63, 3.8) is 0 Å². The number of rotatable bonds is 8. The van der Waals surface area contributed by atoms with Crippen LogP contribution in [0.4, 0.5) is 0 Å². The molecule has 0 aliphatic heterocycles. The van der Waals surface area contributed by atoms with E-state index in [-0.39, 0.29) is 5.38 Å². The largest absolute Gasteiger partial charge is 0.310 e. The fourth-order valence-corrected chi connectivity index (χ4v) is 3.13. The molecule has 1 aromatic rings. The molecule has 0 saturated heterocycles. The van der Waals surface area contributed by atoms with Crippen molar-refractivity contribution in [3.8, 4) is 0 Å². The highest BCUT2D eigenvalue weighted by Crippen LogP contribution is 2.21. The van der Waals surface area contributed by atoms with Crippen molar-refractivity contribution in [1.29, 1.82) is 0 Å². The average molecular weight is 306 g/mol. The van der Waals surface area contributed by atoms with Gasteiger partial charge in [-0.15, -0.1) is 11.6 Å². The second-order valence-corrected chi connectivity index (χ2v) is 5.85. The second kappa shape index (κ2) is 8.13. The Kier molecular flexibility index (Phi) is 7.19. The molecule has 0 saturated carbocycles. The zero-order chi connectivity index (χ0) is 14.4. The molecule has 0 bridgehead atoms. The number of alkyl halides is 1. The Morgan fingerprint density at radius 3 is 2.37 bits per heavy atom. The molecule has 0 aliphatic carbocycles. The summed E-state index contributed by atoms with van der Waals surface area (Å²) in [6, 6.07) is 0. The minimum Gasteiger partial charge on any atom is -0.310 e. The molecule has 0 radical (unpaired) electrons. The second-order valence-electron chi connectivity index (χ2n) is 4.91. The van der Waals surface area contributed by atoms with Crippen molar-refractivity contribution in [2.45, 2.75) is 52.0 Å². The van der Waals surface area contributed by atoms with Crippen molar-refractivity contribution in [2.24, 2.45) is 13.0 Å². The molecule has 0 aliphatic rings. The normalized spacial score (nSPS) is 13.2. The van der Waals surface area contributed by atoms with Crippen molar-refractivity contribution < 1.29 is 0 Å². The molecular formula is C14H25Cl2N3. The highest BCUT2D eigenvalue weighted by molar-refractivity contribution is 6.31. The number of hydrogen-bond donors (Lipinski definition) is 1. The van der Waals surface area contributed by atoms with Crippen molar-refractivity contribution >= 4 is 23.2 Å². The fourth-order valence-electron chi connectivity index (χ4n) is 2.31. The quantitative estimate of drug-likeness (QED) is 0.741. The summed E-state index contributed by atoms with van der Waals surface area (Å²) in [5, 5.41) is 8.76. The molecule has 1 rings (SSSR count). The molecule has 1 unspecified atom stereocenters. The van der Waals surface area contributed by atoms with Gasteiger partial charge in [-0.3, -0.25) is 4.68 Å². The van der Waals surface area contributed by atoms with E-state index in [1.807, 2.05) is 11.7 Å². The highest BCUT2D eigenvalue weighted by atomic mass is 35.5. The first-order valence-corrected chi connectivity index (χ1v) is 7.91. The molecule has 5 heteroatoms. The Bertz CT molecular complexity index is 386. The first-order valence-electron chi connectivity index (χ1n) is 7.10. The number of hydrogen-bond acceptors (Lipinski definition) is 2. The summed E-state index contributed by atoms with van der Waals surface area (Å²) < 4.78 is 1.86. The van der Waals surface area contributed by atoms with Crippen LogP contribution in [0.5, 0.6) is 0 Å². The topological polar surface area (TPSA) is 29.9 Å². The number of aromatic nitrogens is 2. The number of nitrogens with zero attached hydrogens (tertiary/aromatic N) is 2. The molecule has 110 valence electrons. The number of aryl methyl sites for hydroxylation is 2. The minimum absolute atomic E-state index is 0.174. The molecule has 3 nitrogen and oxygen atoms in total. The lowest BCUT2D eigenvalue weighted by Gasteiger charge is -2.19. The number of halogens is 2. The zero-order valence-electron chi connectivity index (χ0n) is 12.3. The first-order chi connectivity index (χ1) is 9.04. The molecule has 1 atom stereocenters. The van der Waals surface area contributed by atoms with Crippen LogP contribution in [-0.2, 0) is 20.0 Å². The van der Waals surface area contributed by atoms with Crippen LogP contribution in [-0.4, -0.2) is 21.7 Å². The van der Waals surface area contributed by atoms with E-state index in [2.05, 4.69) is 31.2 Å². The predicted molar refractivity (Wildman–Crippen MR) is 83.0 cm³/mol. The van der Waals surface area contributed by atoms with Gasteiger partial charge in [-0.1, -0.05) is 45.2 Å². The van der Waals surface area contributed by atoms with Gasteiger partial charge in [-0.2, -0.15) is 5.10 Å². The van der Waals surface area contributed by atoms with Gasteiger partial charge in [0.1, 0.15) is 0 Å². The molecular weight excluding hydrogens is 281 g/mol. The molecule has 1 N–H and O–H groups in total. The zero-order valence-corrected chi connectivity index (χ0v) is 13.9. The van der Waals surface area contributed by atoms with E-state index in [9.17, 15) is 0 Å². The van der Waals surface area contributed by atoms with Gasteiger partial charge in [0, 0.05) is 25.5 Å². The summed E-state index contributed by atoms with van der Waals surface area (Å²) in [5.74, 6) is 0.572. The lowest BCUT2D eigenvalue weighted by Crippen LogP contribution is -2.29. The molecule has 0 fully saturated rings. The summed E-state index contributed by atoms with van der Waals surface area (Å²) in [6.45, 7) is 7.96. The van der Waals surface area contributed by atoms with E-state index in [0.717, 1.165) is 42.2 Å². The van der Waals surface area contributed by atoms with Gasteiger partial charge < -0.3 is 5.32 Å². The van der Waals surface area contributed by atoms with Crippen molar-refractivity contribution in [2.75, 3.05) is 6.54 Å². The van der Waals surface area contributed by atoms with Crippen LogP contribution in [0.2, 0.25) is 5.02 Å². The van der Waals surface area contributed by atoms with Gasteiger partial charge in [0.2, 0.25) is 0 Å². The molecule has 0 spiro atoms. The SMILES string of the molecule is CCc1nn(C)c(CNCC(Cl)C(CC)CC)c1Cl. The lowest BCUT2D eigenvalue weighted by atomic mass is 9.99. The van der Waals surface area contributed by atoms with E-state index in [1.54, 1.807) is 0 Å². The maximum absolute atomic E-state index is 6.41. The minimum atomic E-state index is 0.174. The Balaban J connectivity index is 2.51. The van der Waals surface area contributed by atoms with Crippen LogP contribution in [0.3, 0.4) is 0 Å². The smallest absolute Gasteiger partial charge is 0.0863 e. The third-order valence-electron chi connectivity index (χ3n) is 3.70. The Morgan fingerprint density at radius 1 is 1.26 bits per heavy atom. The van der Waals surface area contributed by atoms with Crippen molar-refractivity contribution in [1.82, 2.24) is 15.1 Å². The molecule has 0 amide bonds. The van der Waals surface area contributed by atoms with E-state index < -0.39 is 0 Å². The fraction of sp³-hybridized carbons (Fsp3) is 0.786. The summed E-state index contributed by atoms with van der Waals surface area (Å²) in [7, 11) is 1.93. The van der Waals surface area contributed by atoms with E-state index in [1.165, 1.54) is 0 Å². The Morgan fingerprint density at radius 2 is 1.89 bits per heavy atom. The van der Waals surface area contributed by atoms with E-state index >= 15 is 0 Å². The monoisotopic (exact) mass is 305 g/mol. The summed E-state index contributed by atoms with van der Waals surface area (Å²) in [5.41, 5.74) is 2.00. The standard InChI is InChI=1S/C14H25Cl2N3/c1-5-10(6-2)11(15)8-17-9-13-14(16)12(7-3)18-19(13)4/h10-11,17H,5-9H2,1-4H3. The maximum atomic E-state index is 6.41. The third-order valence-corrected chi connectivity index (χ3v) is 4.64. The van der Waals surface area contributed by atoms with Crippen LogP contribution < -0.4 is 5.32 Å². The van der Waals surface area contributed by atoms with Gasteiger partial charge in [0.15, 0.2) is 0 Å². The van der Waals surface area contributed by atoms with E-state index in [0.29, 0.717) is 12.5 Å². The summed E-state index contributed by atoms with van der Waals surface area (Å²) in [4.78, 5) is 0. The predicted octanol–water partition coefficient (Wildman–Crippen LogP) is 3.77.